The number of hydrogen-bond donors (Lipinski definition) is 1. The molecule has 66 valence electrons. The van der Waals surface area contributed by atoms with Gasteiger partial charge in [0, 0.05) is 22.8 Å². The third kappa shape index (κ3) is 1.98. The van der Waals surface area contributed by atoms with Gasteiger partial charge in [-0.2, -0.15) is 0 Å². The van der Waals surface area contributed by atoms with Gasteiger partial charge in [0.25, 0.3) is 6.43 Å². The molecule has 2 N–H and O–H groups in total. The van der Waals surface area contributed by atoms with Crippen LogP contribution in [0.2, 0.25) is 0 Å². The van der Waals surface area contributed by atoms with Crippen molar-refractivity contribution >= 4 is 15.9 Å². The van der Waals surface area contributed by atoms with Crippen LogP contribution in [0.1, 0.15) is 17.7 Å². The van der Waals surface area contributed by atoms with E-state index in [0.29, 0.717) is 10.2 Å². The molecule has 0 saturated heterocycles. The van der Waals surface area contributed by atoms with Gasteiger partial charge in [0.15, 0.2) is 0 Å². The lowest BCUT2D eigenvalue weighted by Gasteiger charge is -2.03. The second-order valence-corrected chi connectivity index (χ2v) is 3.06. The van der Waals surface area contributed by atoms with Crippen LogP contribution in [0, 0.1) is 0 Å². The molecule has 1 rings (SSSR count). The van der Waals surface area contributed by atoms with Crippen molar-refractivity contribution in [1.82, 2.24) is 4.98 Å². The summed E-state index contributed by atoms with van der Waals surface area (Å²) in [5.74, 6) is 0. The summed E-state index contributed by atoms with van der Waals surface area (Å²) in [6, 6.07) is 1.30. The van der Waals surface area contributed by atoms with Crippen LogP contribution in [-0.2, 0) is 6.54 Å². The Labute approximate surface area is 76.9 Å². The number of pyridine rings is 1. The molecule has 0 aromatic carbocycles. The maximum Gasteiger partial charge on any atom is 0.265 e. The van der Waals surface area contributed by atoms with E-state index in [2.05, 4.69) is 20.9 Å². The fraction of sp³-hybridized carbons (Fsp3) is 0.286. The summed E-state index contributed by atoms with van der Waals surface area (Å²) in [6.45, 7) is 0.174. The van der Waals surface area contributed by atoms with E-state index in [1.54, 1.807) is 0 Å². The molecule has 12 heavy (non-hydrogen) atoms. The Morgan fingerprint density at radius 2 is 2.25 bits per heavy atom. The first-order chi connectivity index (χ1) is 5.65. The van der Waals surface area contributed by atoms with Crippen LogP contribution < -0.4 is 5.73 Å². The van der Waals surface area contributed by atoms with Gasteiger partial charge in [-0.05, 0) is 22.0 Å². The second-order valence-electron chi connectivity index (χ2n) is 2.20. The number of halogens is 3. The molecular weight excluding hydrogens is 230 g/mol. The molecule has 0 fully saturated rings. The molecule has 5 heteroatoms. The van der Waals surface area contributed by atoms with E-state index in [4.69, 9.17) is 5.73 Å². The van der Waals surface area contributed by atoms with Gasteiger partial charge in [0.05, 0.1) is 5.69 Å². The Morgan fingerprint density at radius 1 is 1.58 bits per heavy atom. The molecule has 0 bridgehead atoms. The first kappa shape index (κ1) is 9.54. The molecule has 0 amide bonds. The zero-order chi connectivity index (χ0) is 9.14. The fourth-order valence-electron chi connectivity index (χ4n) is 0.779. The fourth-order valence-corrected chi connectivity index (χ4v) is 1.17. The molecule has 2 nitrogen and oxygen atoms in total. The number of nitrogens with two attached hydrogens (primary N) is 1. The van der Waals surface area contributed by atoms with Gasteiger partial charge in [0.1, 0.15) is 0 Å². The predicted molar refractivity (Wildman–Crippen MR) is 44.8 cm³/mol. The lowest BCUT2D eigenvalue weighted by molar-refractivity contribution is 0.150. The second kappa shape index (κ2) is 3.91. The van der Waals surface area contributed by atoms with Gasteiger partial charge in [-0.3, -0.25) is 4.98 Å². The molecule has 0 aliphatic carbocycles. The summed E-state index contributed by atoms with van der Waals surface area (Å²) < 4.78 is 24.8. The minimum absolute atomic E-state index is 0.0644. The summed E-state index contributed by atoms with van der Waals surface area (Å²) in [5.41, 5.74) is 5.65. The minimum Gasteiger partial charge on any atom is -0.325 e. The molecule has 0 atom stereocenters. The van der Waals surface area contributed by atoms with Gasteiger partial charge in [-0.1, -0.05) is 0 Å². The molecule has 1 heterocycles. The summed E-state index contributed by atoms with van der Waals surface area (Å²) >= 11 is 2.98. The van der Waals surface area contributed by atoms with Gasteiger partial charge in [-0.15, -0.1) is 0 Å². The Kier molecular flexibility index (Phi) is 3.11. The zero-order valence-electron chi connectivity index (χ0n) is 6.10. The number of aromatic nitrogens is 1. The monoisotopic (exact) mass is 236 g/mol. The zero-order valence-corrected chi connectivity index (χ0v) is 7.68. The number of alkyl halides is 2. The van der Waals surface area contributed by atoms with E-state index in [-0.39, 0.29) is 12.1 Å². The standard InChI is InChI=1S/C7H7BrF2N2/c8-6-3-12-4(2-11)1-5(6)7(9)10/h1,3,7H,2,11H2. The molecule has 0 spiro atoms. The molecule has 0 aliphatic heterocycles. The Hall–Kier alpha value is -0.550. The molecule has 1 aromatic heterocycles. The number of nitrogens with zero attached hydrogens (tertiary/aromatic N) is 1. The third-order valence-electron chi connectivity index (χ3n) is 1.39. The van der Waals surface area contributed by atoms with Gasteiger partial charge in [0.2, 0.25) is 0 Å². The summed E-state index contributed by atoms with van der Waals surface area (Å²) in [4.78, 5) is 3.83. The van der Waals surface area contributed by atoms with Crippen LogP contribution in [0.5, 0.6) is 0 Å². The van der Waals surface area contributed by atoms with Crippen molar-refractivity contribution in [3.05, 3.63) is 28.0 Å². The topological polar surface area (TPSA) is 38.9 Å². The summed E-state index contributed by atoms with van der Waals surface area (Å²) in [5, 5.41) is 0. The highest BCUT2D eigenvalue weighted by Crippen LogP contribution is 2.26. The highest BCUT2D eigenvalue weighted by atomic mass is 79.9. The average molecular weight is 237 g/mol. The average Bonchev–Trinajstić information content (AvgIpc) is 2.05. The molecule has 0 unspecified atom stereocenters. The Bertz CT molecular complexity index is 278. The molecule has 0 aliphatic rings. The van der Waals surface area contributed by atoms with Gasteiger partial charge >= 0.3 is 0 Å². The van der Waals surface area contributed by atoms with Crippen molar-refractivity contribution in [2.75, 3.05) is 0 Å². The maximum absolute atomic E-state index is 12.2. The molecule has 0 saturated carbocycles. The SMILES string of the molecule is NCc1cc(C(F)F)c(Br)cn1. The van der Waals surface area contributed by atoms with E-state index in [0.717, 1.165) is 0 Å². The van der Waals surface area contributed by atoms with E-state index in [1.807, 2.05) is 0 Å². The first-order valence-electron chi connectivity index (χ1n) is 3.27. The highest BCUT2D eigenvalue weighted by molar-refractivity contribution is 9.10. The first-order valence-corrected chi connectivity index (χ1v) is 4.07. The summed E-state index contributed by atoms with van der Waals surface area (Å²) in [6.07, 6.45) is -1.16. The van der Waals surface area contributed by atoms with E-state index >= 15 is 0 Å². The largest absolute Gasteiger partial charge is 0.325 e. The van der Waals surface area contributed by atoms with Crippen LogP contribution in [-0.4, -0.2) is 4.98 Å². The van der Waals surface area contributed by atoms with Crippen LogP contribution in [0.25, 0.3) is 0 Å². The van der Waals surface area contributed by atoms with Crippen LogP contribution in [0.15, 0.2) is 16.7 Å². The van der Waals surface area contributed by atoms with Crippen molar-refractivity contribution in [2.24, 2.45) is 5.73 Å². The summed E-state index contributed by atoms with van der Waals surface area (Å²) in [7, 11) is 0. The quantitative estimate of drug-likeness (QED) is 0.856. The van der Waals surface area contributed by atoms with Crippen molar-refractivity contribution in [2.45, 2.75) is 13.0 Å². The smallest absolute Gasteiger partial charge is 0.265 e. The number of hydrogen-bond acceptors (Lipinski definition) is 2. The Morgan fingerprint density at radius 3 is 2.75 bits per heavy atom. The Balaban J connectivity index is 3.08. The number of rotatable bonds is 2. The third-order valence-corrected chi connectivity index (χ3v) is 2.05. The van der Waals surface area contributed by atoms with Crippen molar-refractivity contribution in [3.8, 4) is 0 Å². The molecular formula is C7H7BrF2N2. The van der Waals surface area contributed by atoms with Crippen molar-refractivity contribution in [3.63, 3.8) is 0 Å². The van der Waals surface area contributed by atoms with E-state index in [1.165, 1.54) is 12.3 Å². The van der Waals surface area contributed by atoms with Crippen molar-refractivity contribution < 1.29 is 8.78 Å². The predicted octanol–water partition coefficient (Wildman–Crippen LogP) is 2.24. The van der Waals surface area contributed by atoms with Gasteiger partial charge in [-0.25, -0.2) is 8.78 Å². The molecule has 1 aromatic rings. The van der Waals surface area contributed by atoms with Crippen molar-refractivity contribution in [1.29, 1.82) is 0 Å². The van der Waals surface area contributed by atoms with Crippen LogP contribution in [0.4, 0.5) is 8.78 Å². The van der Waals surface area contributed by atoms with Crippen LogP contribution >= 0.6 is 15.9 Å². The van der Waals surface area contributed by atoms with Crippen LogP contribution in [0.3, 0.4) is 0 Å². The van der Waals surface area contributed by atoms with Gasteiger partial charge < -0.3 is 5.73 Å². The lowest BCUT2D eigenvalue weighted by atomic mass is 10.2. The maximum atomic E-state index is 12.2. The normalized spacial score (nSPS) is 10.8. The lowest BCUT2D eigenvalue weighted by Crippen LogP contribution is -2.01. The van der Waals surface area contributed by atoms with E-state index < -0.39 is 6.43 Å². The minimum atomic E-state index is -2.49. The molecule has 0 radical (unpaired) electrons. The highest BCUT2D eigenvalue weighted by Gasteiger charge is 2.11. The van der Waals surface area contributed by atoms with E-state index in [9.17, 15) is 8.78 Å².